The molecule has 0 bridgehead atoms. The molecule has 2 nitrogen and oxygen atoms in total. The van der Waals surface area contributed by atoms with E-state index in [0.717, 1.165) is 12.4 Å². The topological polar surface area (TPSA) is 35.2 Å². The van der Waals surface area contributed by atoms with Gasteiger partial charge in [0.15, 0.2) is 0 Å². The van der Waals surface area contributed by atoms with Gasteiger partial charge in [-0.15, -0.1) is 0 Å². The molecule has 0 radical (unpaired) electrons. The van der Waals surface area contributed by atoms with E-state index in [1.54, 1.807) is 0 Å². The van der Waals surface area contributed by atoms with Gasteiger partial charge in [0.2, 0.25) is 0 Å². The van der Waals surface area contributed by atoms with Crippen LogP contribution >= 0.6 is 11.8 Å². The Morgan fingerprint density at radius 2 is 1.88 bits per heavy atom. The van der Waals surface area contributed by atoms with Gasteiger partial charge in [-0.3, -0.25) is 0 Å². The number of nitrogens with two attached hydrogens (primary N) is 1. The molecule has 2 N–H and O–H groups in total. The molecule has 1 aromatic rings. The molecule has 0 saturated carbocycles. The Balaban J connectivity index is 1.89. The number of benzene rings is 1. The highest BCUT2D eigenvalue weighted by Gasteiger charge is 1.93. The number of hydrogen-bond donors (Lipinski definition) is 1. The zero-order chi connectivity index (χ0) is 11.5. The van der Waals surface area contributed by atoms with E-state index >= 15 is 0 Å². The lowest BCUT2D eigenvalue weighted by Gasteiger charge is -2.03. The molecule has 0 aromatic heterocycles. The zero-order valence-corrected chi connectivity index (χ0v) is 10.5. The minimum absolute atomic E-state index is 0.624. The fourth-order valence-corrected chi connectivity index (χ4v) is 2.22. The summed E-state index contributed by atoms with van der Waals surface area (Å²) in [7, 11) is 0. The number of rotatable bonds is 9. The average molecular weight is 239 g/mol. The molecule has 0 aliphatic heterocycles. The minimum atomic E-state index is 0.624. The minimum Gasteiger partial charge on any atom is -0.379 e. The highest BCUT2D eigenvalue weighted by atomic mass is 32.2. The molecule has 0 atom stereocenters. The van der Waals surface area contributed by atoms with Gasteiger partial charge in [0.1, 0.15) is 0 Å². The largest absolute Gasteiger partial charge is 0.379 e. The highest BCUT2D eigenvalue weighted by Crippen LogP contribution is 2.07. The second kappa shape index (κ2) is 9.70. The van der Waals surface area contributed by atoms with Gasteiger partial charge in [0, 0.05) is 12.3 Å². The Bertz CT molecular complexity index is 253. The smallest absolute Gasteiger partial charge is 0.0589 e. The van der Waals surface area contributed by atoms with Gasteiger partial charge in [0.25, 0.3) is 0 Å². The summed E-state index contributed by atoms with van der Waals surface area (Å²) in [6, 6.07) is 10.6. The first-order valence-electron chi connectivity index (χ1n) is 5.83. The van der Waals surface area contributed by atoms with Crippen molar-refractivity contribution < 1.29 is 4.74 Å². The second-order valence-electron chi connectivity index (χ2n) is 3.60. The van der Waals surface area contributed by atoms with Gasteiger partial charge in [-0.1, -0.05) is 30.3 Å². The summed E-state index contributed by atoms with van der Waals surface area (Å²) >= 11 is 1.96. The molecule has 0 saturated heterocycles. The van der Waals surface area contributed by atoms with E-state index < -0.39 is 0 Å². The van der Waals surface area contributed by atoms with Crippen molar-refractivity contribution in [1.29, 1.82) is 0 Å². The van der Waals surface area contributed by atoms with E-state index in [0.29, 0.717) is 13.2 Å². The van der Waals surface area contributed by atoms with E-state index in [4.69, 9.17) is 10.5 Å². The summed E-state index contributed by atoms with van der Waals surface area (Å²) in [6.07, 6.45) is 2.42. The molecule has 0 aliphatic carbocycles. The summed E-state index contributed by atoms with van der Waals surface area (Å²) in [6.45, 7) is 2.14. The molecular weight excluding hydrogens is 218 g/mol. The quantitative estimate of drug-likeness (QED) is 0.672. The Kier molecular flexibility index (Phi) is 8.22. The van der Waals surface area contributed by atoms with Crippen molar-refractivity contribution in [3.8, 4) is 0 Å². The maximum absolute atomic E-state index is 5.32. The predicted octanol–water partition coefficient (Wildman–Crippen LogP) is 2.33. The Morgan fingerprint density at radius 1 is 1.06 bits per heavy atom. The van der Waals surface area contributed by atoms with E-state index in [9.17, 15) is 0 Å². The number of ether oxygens (including phenoxy) is 1. The molecule has 16 heavy (non-hydrogen) atoms. The lowest BCUT2D eigenvalue weighted by molar-refractivity contribution is 0.158. The summed E-state index contributed by atoms with van der Waals surface area (Å²) in [4.78, 5) is 0. The van der Waals surface area contributed by atoms with E-state index in [2.05, 4.69) is 30.3 Å². The fraction of sp³-hybridized carbons (Fsp3) is 0.538. The van der Waals surface area contributed by atoms with Crippen LogP contribution in [0.1, 0.15) is 12.0 Å². The van der Waals surface area contributed by atoms with Crippen LogP contribution in [-0.4, -0.2) is 31.3 Å². The Hall–Kier alpha value is -0.510. The van der Waals surface area contributed by atoms with Gasteiger partial charge in [0.05, 0.1) is 13.2 Å². The van der Waals surface area contributed by atoms with Gasteiger partial charge in [-0.25, -0.2) is 0 Å². The molecule has 1 aromatic carbocycles. The summed E-state index contributed by atoms with van der Waals surface area (Å²) in [5.41, 5.74) is 6.76. The van der Waals surface area contributed by atoms with Crippen molar-refractivity contribution in [2.45, 2.75) is 12.8 Å². The van der Waals surface area contributed by atoms with Crippen molar-refractivity contribution in [2.75, 3.05) is 31.3 Å². The normalized spacial score (nSPS) is 10.6. The lowest BCUT2D eigenvalue weighted by Crippen LogP contribution is -2.10. The molecule has 0 amide bonds. The van der Waals surface area contributed by atoms with Gasteiger partial charge >= 0.3 is 0 Å². The number of hydrogen-bond acceptors (Lipinski definition) is 3. The summed E-state index contributed by atoms with van der Waals surface area (Å²) in [5, 5.41) is 0. The van der Waals surface area contributed by atoms with E-state index in [1.807, 2.05) is 11.8 Å². The van der Waals surface area contributed by atoms with Crippen molar-refractivity contribution in [3.05, 3.63) is 35.9 Å². The monoisotopic (exact) mass is 239 g/mol. The first-order chi connectivity index (χ1) is 7.93. The van der Waals surface area contributed by atoms with E-state index in [-0.39, 0.29) is 0 Å². The average Bonchev–Trinajstić information content (AvgIpc) is 2.34. The van der Waals surface area contributed by atoms with Crippen molar-refractivity contribution in [2.24, 2.45) is 5.73 Å². The van der Waals surface area contributed by atoms with Crippen LogP contribution in [0.4, 0.5) is 0 Å². The molecule has 0 unspecified atom stereocenters. The van der Waals surface area contributed by atoms with Crippen molar-refractivity contribution in [1.82, 2.24) is 0 Å². The Morgan fingerprint density at radius 3 is 2.62 bits per heavy atom. The first-order valence-corrected chi connectivity index (χ1v) is 6.98. The third kappa shape index (κ3) is 6.88. The van der Waals surface area contributed by atoms with Crippen LogP contribution in [0, 0.1) is 0 Å². The van der Waals surface area contributed by atoms with Crippen LogP contribution in [0.2, 0.25) is 0 Å². The Labute approximate surface area is 103 Å². The maximum atomic E-state index is 5.32. The van der Waals surface area contributed by atoms with Crippen LogP contribution in [0.25, 0.3) is 0 Å². The van der Waals surface area contributed by atoms with E-state index in [1.165, 1.54) is 24.2 Å². The SMILES string of the molecule is NCCOCCSCCCc1ccccc1. The van der Waals surface area contributed by atoms with Crippen molar-refractivity contribution >= 4 is 11.8 Å². The van der Waals surface area contributed by atoms with Gasteiger partial charge in [-0.05, 0) is 24.2 Å². The fourth-order valence-electron chi connectivity index (χ4n) is 1.43. The predicted molar refractivity (Wildman–Crippen MR) is 72.0 cm³/mol. The number of thioether (sulfide) groups is 1. The van der Waals surface area contributed by atoms with Crippen LogP contribution in [-0.2, 0) is 11.2 Å². The molecule has 1 rings (SSSR count). The molecule has 90 valence electrons. The van der Waals surface area contributed by atoms with Crippen LogP contribution in [0.5, 0.6) is 0 Å². The molecule has 0 heterocycles. The lowest BCUT2D eigenvalue weighted by atomic mass is 10.1. The van der Waals surface area contributed by atoms with Crippen LogP contribution in [0.3, 0.4) is 0 Å². The molecule has 3 heteroatoms. The maximum Gasteiger partial charge on any atom is 0.0589 e. The van der Waals surface area contributed by atoms with Crippen LogP contribution in [0.15, 0.2) is 30.3 Å². The summed E-state index contributed by atoms with van der Waals surface area (Å²) in [5.74, 6) is 2.29. The third-order valence-corrected chi connectivity index (χ3v) is 3.26. The standard InChI is InChI=1S/C13H21NOS/c14-8-9-15-10-12-16-11-4-7-13-5-2-1-3-6-13/h1-3,5-6H,4,7-12,14H2. The molecule has 0 aliphatic rings. The van der Waals surface area contributed by atoms with Gasteiger partial charge in [-0.2, -0.15) is 11.8 Å². The first kappa shape index (κ1) is 13.6. The van der Waals surface area contributed by atoms with Crippen LogP contribution < -0.4 is 5.73 Å². The number of aryl methyl sites for hydroxylation is 1. The molecule has 0 fully saturated rings. The highest BCUT2D eigenvalue weighted by molar-refractivity contribution is 7.99. The second-order valence-corrected chi connectivity index (χ2v) is 4.83. The third-order valence-electron chi connectivity index (χ3n) is 2.23. The summed E-state index contributed by atoms with van der Waals surface area (Å²) < 4.78 is 5.30. The van der Waals surface area contributed by atoms with Crippen molar-refractivity contribution in [3.63, 3.8) is 0 Å². The molecule has 0 spiro atoms. The zero-order valence-electron chi connectivity index (χ0n) is 9.73. The molecular formula is C13H21NOS. The van der Waals surface area contributed by atoms with Gasteiger partial charge < -0.3 is 10.5 Å².